The van der Waals surface area contributed by atoms with Gasteiger partial charge < -0.3 is 25.2 Å². The first-order chi connectivity index (χ1) is 25.1. The summed E-state index contributed by atoms with van der Waals surface area (Å²) in [6, 6.07) is -1.52. The van der Waals surface area contributed by atoms with E-state index in [4.69, 9.17) is 24.8 Å². The van der Waals surface area contributed by atoms with Crippen molar-refractivity contribution >= 4 is 25.7 Å². The zero-order valence-corrected chi connectivity index (χ0v) is 33.5. The Bertz CT molecular complexity index is 989. The van der Waals surface area contributed by atoms with Gasteiger partial charge in [0.2, 0.25) is 0 Å². The Labute approximate surface area is 315 Å². The molecule has 0 saturated carbocycles. The summed E-state index contributed by atoms with van der Waals surface area (Å²) in [5.74, 6) is -2.39. The molecule has 0 aliphatic heterocycles. The number of rotatable bonds is 38. The summed E-state index contributed by atoms with van der Waals surface area (Å²) >= 11 is 0. The number of hydrogen-bond acceptors (Lipinski definition) is 9. The summed E-state index contributed by atoms with van der Waals surface area (Å²) in [6.45, 7) is 2.74. The van der Waals surface area contributed by atoms with Crippen molar-refractivity contribution in [1.82, 2.24) is 0 Å². The van der Waals surface area contributed by atoms with Gasteiger partial charge in [-0.25, -0.2) is 4.57 Å². The molecular formula is C40H74NO10P. The molecule has 0 aromatic rings. The molecule has 0 aliphatic rings. The van der Waals surface area contributed by atoms with Crippen molar-refractivity contribution in [1.29, 1.82) is 0 Å². The molecule has 3 atom stereocenters. The molecule has 0 bridgehead atoms. The second kappa shape index (κ2) is 36.0. The second-order valence-corrected chi connectivity index (χ2v) is 15.2. The topological polar surface area (TPSA) is 172 Å². The van der Waals surface area contributed by atoms with Gasteiger partial charge in [-0.3, -0.25) is 23.4 Å². The summed E-state index contributed by atoms with van der Waals surface area (Å²) < 4.78 is 32.6. The first-order valence-electron chi connectivity index (χ1n) is 20.4. The summed E-state index contributed by atoms with van der Waals surface area (Å²) in [5, 5.41) is 8.86. The number of ether oxygens (including phenoxy) is 2. The van der Waals surface area contributed by atoms with Crippen molar-refractivity contribution in [2.75, 3.05) is 19.8 Å². The van der Waals surface area contributed by atoms with Crippen LogP contribution in [-0.2, 0) is 37.5 Å². The van der Waals surface area contributed by atoms with Crippen LogP contribution >= 0.6 is 7.82 Å². The maximum absolute atomic E-state index is 12.6. The number of carboxylic acid groups (broad SMARTS) is 1. The minimum Gasteiger partial charge on any atom is -0.480 e. The molecule has 0 amide bonds. The van der Waals surface area contributed by atoms with E-state index in [-0.39, 0.29) is 19.4 Å². The maximum atomic E-state index is 12.6. The fraction of sp³-hybridized carbons (Fsp3) is 0.825. The normalized spacial score (nSPS) is 14.1. The Morgan fingerprint density at radius 3 is 1.46 bits per heavy atom. The van der Waals surface area contributed by atoms with Gasteiger partial charge in [0.1, 0.15) is 12.6 Å². The zero-order chi connectivity index (χ0) is 38.5. The van der Waals surface area contributed by atoms with Crippen LogP contribution in [0.25, 0.3) is 0 Å². The van der Waals surface area contributed by atoms with Crippen LogP contribution in [0, 0.1) is 0 Å². The molecule has 0 radical (unpaired) electrons. The summed E-state index contributed by atoms with van der Waals surface area (Å²) in [6.07, 6.45) is 35.3. The Balaban J connectivity index is 4.39. The molecule has 0 spiro atoms. The highest BCUT2D eigenvalue weighted by Gasteiger charge is 2.28. The van der Waals surface area contributed by atoms with E-state index in [1.165, 1.54) is 70.6 Å². The van der Waals surface area contributed by atoms with Gasteiger partial charge in [0, 0.05) is 12.8 Å². The smallest absolute Gasteiger partial charge is 0.472 e. The van der Waals surface area contributed by atoms with Gasteiger partial charge in [-0.15, -0.1) is 0 Å². The number of nitrogens with two attached hydrogens (primary N) is 1. The molecule has 1 unspecified atom stereocenters. The van der Waals surface area contributed by atoms with Gasteiger partial charge in [-0.1, -0.05) is 134 Å². The number of unbranched alkanes of at least 4 members (excludes halogenated alkanes) is 20. The summed E-state index contributed by atoms with van der Waals surface area (Å²) in [4.78, 5) is 45.8. The quantitative estimate of drug-likeness (QED) is 0.0237. The highest BCUT2D eigenvalue weighted by Crippen LogP contribution is 2.43. The maximum Gasteiger partial charge on any atom is 0.472 e. The molecule has 0 fully saturated rings. The number of aliphatic carboxylic acids is 1. The molecule has 4 N–H and O–H groups in total. The van der Waals surface area contributed by atoms with E-state index < -0.39 is 51.1 Å². The van der Waals surface area contributed by atoms with Crippen molar-refractivity contribution in [2.45, 2.75) is 193 Å². The van der Waals surface area contributed by atoms with E-state index in [1.807, 2.05) is 0 Å². The zero-order valence-electron chi connectivity index (χ0n) is 32.7. The fourth-order valence-corrected chi connectivity index (χ4v) is 6.17. The fourth-order valence-electron chi connectivity index (χ4n) is 5.39. The van der Waals surface area contributed by atoms with Gasteiger partial charge in [0.05, 0.1) is 13.2 Å². The molecule has 0 heterocycles. The molecule has 52 heavy (non-hydrogen) atoms. The molecule has 0 rings (SSSR count). The highest BCUT2D eigenvalue weighted by molar-refractivity contribution is 7.47. The highest BCUT2D eigenvalue weighted by atomic mass is 31.2. The van der Waals surface area contributed by atoms with Crippen molar-refractivity contribution < 1.29 is 47.5 Å². The lowest BCUT2D eigenvalue weighted by Crippen LogP contribution is -2.34. The van der Waals surface area contributed by atoms with E-state index >= 15 is 0 Å². The van der Waals surface area contributed by atoms with Crippen LogP contribution < -0.4 is 5.73 Å². The molecule has 0 aromatic carbocycles. The standard InChI is InChI=1S/C40H74NO10P/c1-3-5-7-9-11-13-15-16-17-18-19-20-22-24-26-28-30-32-39(43)51-36(34-49-52(46,47)50-35-37(41)40(44)45)33-48-38(42)31-29-27-25-23-21-14-12-10-8-6-4-2/h10,12,16-17,36-37H,3-9,11,13-15,18-35,41H2,1-2H3,(H,44,45)(H,46,47)/b12-10+,17-16+/t36-,37-/m0/s1. The lowest BCUT2D eigenvalue weighted by Gasteiger charge is -2.20. The van der Waals surface area contributed by atoms with E-state index in [9.17, 15) is 23.8 Å². The van der Waals surface area contributed by atoms with E-state index in [1.54, 1.807) is 0 Å². The molecule has 12 heteroatoms. The molecule has 304 valence electrons. The van der Waals surface area contributed by atoms with Crippen LogP contribution in [0.2, 0.25) is 0 Å². The molecule has 11 nitrogen and oxygen atoms in total. The van der Waals surface area contributed by atoms with Crippen molar-refractivity contribution in [3.05, 3.63) is 24.3 Å². The summed E-state index contributed by atoms with van der Waals surface area (Å²) in [7, 11) is -4.71. The number of allylic oxidation sites excluding steroid dienone is 4. The lowest BCUT2D eigenvalue weighted by atomic mass is 10.1. The number of carbonyl (C=O) groups excluding carboxylic acids is 2. The minimum absolute atomic E-state index is 0.156. The molecule has 0 aromatic heterocycles. The van der Waals surface area contributed by atoms with Crippen LogP contribution in [0.5, 0.6) is 0 Å². The molecule has 0 aliphatic carbocycles. The number of phosphoric acid groups is 1. The predicted octanol–water partition coefficient (Wildman–Crippen LogP) is 10.3. The minimum atomic E-state index is -4.71. The van der Waals surface area contributed by atoms with E-state index in [0.29, 0.717) is 12.8 Å². The third-order valence-corrected chi connectivity index (χ3v) is 9.62. The Hall–Kier alpha value is -2.04. The average Bonchev–Trinajstić information content (AvgIpc) is 3.12. The number of phosphoric ester groups is 1. The van der Waals surface area contributed by atoms with E-state index in [2.05, 4.69) is 42.7 Å². The SMILES string of the molecule is CCCC/C=C/CCCCCCCC(=O)OC[C@@H](COP(=O)(O)OC[C@H](N)C(=O)O)OC(=O)CCCCCCCCC/C=C/CCCCCCCC. The Kier molecular flexibility index (Phi) is 34.6. The van der Waals surface area contributed by atoms with Gasteiger partial charge in [-0.2, -0.15) is 0 Å². The van der Waals surface area contributed by atoms with E-state index in [0.717, 1.165) is 70.6 Å². The number of esters is 2. The lowest BCUT2D eigenvalue weighted by molar-refractivity contribution is -0.161. The van der Waals surface area contributed by atoms with Crippen LogP contribution in [0.4, 0.5) is 0 Å². The third-order valence-electron chi connectivity index (χ3n) is 8.67. The van der Waals surface area contributed by atoms with Crippen molar-refractivity contribution in [3.8, 4) is 0 Å². The van der Waals surface area contributed by atoms with Crippen LogP contribution in [0.15, 0.2) is 24.3 Å². The molecular weight excluding hydrogens is 685 g/mol. The average molecular weight is 760 g/mol. The first kappa shape index (κ1) is 50.0. The number of hydrogen-bond donors (Lipinski definition) is 3. The third kappa shape index (κ3) is 35.0. The van der Waals surface area contributed by atoms with Crippen molar-refractivity contribution in [3.63, 3.8) is 0 Å². The van der Waals surface area contributed by atoms with Crippen LogP contribution in [0.1, 0.15) is 181 Å². The van der Waals surface area contributed by atoms with Gasteiger partial charge in [-0.05, 0) is 57.8 Å². The molecule has 0 saturated heterocycles. The predicted molar refractivity (Wildman–Crippen MR) is 208 cm³/mol. The van der Waals surface area contributed by atoms with Crippen LogP contribution in [0.3, 0.4) is 0 Å². The number of carbonyl (C=O) groups is 3. The largest absolute Gasteiger partial charge is 0.480 e. The Morgan fingerprint density at radius 1 is 0.577 bits per heavy atom. The van der Waals surface area contributed by atoms with Crippen molar-refractivity contribution in [2.24, 2.45) is 5.73 Å². The van der Waals surface area contributed by atoms with Gasteiger partial charge in [0.25, 0.3) is 0 Å². The van der Waals surface area contributed by atoms with Crippen LogP contribution in [-0.4, -0.2) is 59.9 Å². The monoisotopic (exact) mass is 760 g/mol. The second-order valence-electron chi connectivity index (χ2n) is 13.8. The number of carboxylic acids is 1. The first-order valence-corrected chi connectivity index (χ1v) is 21.9. The summed E-state index contributed by atoms with van der Waals surface area (Å²) in [5.41, 5.74) is 5.32. The van der Waals surface area contributed by atoms with Gasteiger partial charge >= 0.3 is 25.7 Å². The van der Waals surface area contributed by atoms with Gasteiger partial charge in [0.15, 0.2) is 6.10 Å². The Morgan fingerprint density at radius 2 is 0.981 bits per heavy atom.